The molecule has 0 spiro atoms. The average molecular weight is 468 g/mol. The molecule has 1 N–H and O–H groups in total. The van der Waals surface area contributed by atoms with Gasteiger partial charge < -0.3 is 9.73 Å². The highest BCUT2D eigenvalue weighted by atomic mass is 127. The predicted molar refractivity (Wildman–Crippen MR) is 115 cm³/mol. The van der Waals surface area contributed by atoms with E-state index in [2.05, 4.69) is 27.9 Å². The Labute approximate surface area is 171 Å². The van der Waals surface area contributed by atoms with Crippen LogP contribution in [0.1, 0.15) is 16.9 Å². The molecule has 27 heavy (non-hydrogen) atoms. The molecule has 0 saturated heterocycles. The van der Waals surface area contributed by atoms with E-state index >= 15 is 0 Å². The highest BCUT2D eigenvalue weighted by molar-refractivity contribution is 14.1. The number of carbonyl (C=O) groups excluding carboxylic acids is 1. The number of nitriles is 1. The van der Waals surface area contributed by atoms with Gasteiger partial charge in [-0.05, 0) is 72.3 Å². The molecule has 2 aromatic carbocycles. The van der Waals surface area contributed by atoms with Gasteiger partial charge in [0, 0.05) is 20.9 Å². The molecule has 0 aliphatic rings. The number of hydrogen-bond acceptors (Lipinski definition) is 3. The van der Waals surface area contributed by atoms with Gasteiger partial charge >= 0.3 is 0 Å². The fourth-order valence-electron chi connectivity index (χ4n) is 2.63. The smallest absolute Gasteiger partial charge is 0.266 e. The van der Waals surface area contributed by atoms with Crippen molar-refractivity contribution in [1.29, 1.82) is 5.26 Å². The van der Waals surface area contributed by atoms with Gasteiger partial charge in [-0.25, -0.2) is 0 Å². The van der Waals surface area contributed by atoms with Gasteiger partial charge in [-0.15, -0.1) is 0 Å². The maximum atomic E-state index is 12.5. The lowest BCUT2D eigenvalue weighted by Gasteiger charge is -2.08. The number of furan rings is 1. The minimum atomic E-state index is -0.461. The summed E-state index contributed by atoms with van der Waals surface area (Å²) in [4.78, 5) is 12.5. The summed E-state index contributed by atoms with van der Waals surface area (Å²) in [7, 11) is 0. The summed E-state index contributed by atoms with van der Waals surface area (Å²) in [6.45, 7) is 3.90. The molecule has 0 unspecified atom stereocenters. The Balaban J connectivity index is 1.81. The SMILES string of the molecule is Cc1ccc(NC(=O)/C(C#N)=C/c2ccc(-c3ccc(I)cc3)o2)c(C)c1. The number of nitrogens with one attached hydrogen (secondary N) is 1. The van der Waals surface area contributed by atoms with E-state index in [1.165, 1.54) is 6.08 Å². The number of hydrogen-bond donors (Lipinski definition) is 1. The molecule has 0 aliphatic heterocycles. The minimum Gasteiger partial charge on any atom is -0.457 e. The molecule has 4 nitrogen and oxygen atoms in total. The number of halogens is 1. The van der Waals surface area contributed by atoms with Crippen molar-refractivity contribution in [3.8, 4) is 17.4 Å². The van der Waals surface area contributed by atoms with Gasteiger partial charge in [0.2, 0.25) is 0 Å². The van der Waals surface area contributed by atoms with Crippen LogP contribution in [0.2, 0.25) is 0 Å². The van der Waals surface area contributed by atoms with Gasteiger partial charge in [0.25, 0.3) is 5.91 Å². The third kappa shape index (κ3) is 4.66. The minimum absolute atomic E-state index is 0.0153. The zero-order valence-corrected chi connectivity index (χ0v) is 17.1. The van der Waals surface area contributed by atoms with Crippen molar-refractivity contribution in [3.05, 3.63) is 80.6 Å². The number of aryl methyl sites for hydroxylation is 2. The van der Waals surface area contributed by atoms with Crippen LogP contribution in [0.4, 0.5) is 5.69 Å². The molecular weight excluding hydrogens is 451 g/mol. The molecule has 3 aromatic rings. The fourth-order valence-corrected chi connectivity index (χ4v) is 2.99. The van der Waals surface area contributed by atoms with Crippen LogP contribution < -0.4 is 5.32 Å². The van der Waals surface area contributed by atoms with Crippen LogP contribution >= 0.6 is 22.6 Å². The van der Waals surface area contributed by atoms with Crippen LogP contribution in [0.5, 0.6) is 0 Å². The van der Waals surface area contributed by atoms with E-state index in [0.29, 0.717) is 17.2 Å². The van der Waals surface area contributed by atoms with Crippen molar-refractivity contribution >= 4 is 40.3 Å². The number of rotatable bonds is 4. The third-order valence-electron chi connectivity index (χ3n) is 4.04. The Morgan fingerprint density at radius 2 is 1.85 bits per heavy atom. The third-order valence-corrected chi connectivity index (χ3v) is 4.76. The first kappa shape index (κ1) is 18.9. The Bertz CT molecular complexity index is 1060. The van der Waals surface area contributed by atoms with Crippen molar-refractivity contribution in [2.45, 2.75) is 13.8 Å². The van der Waals surface area contributed by atoms with E-state index in [1.807, 2.05) is 68.4 Å². The van der Waals surface area contributed by atoms with Crippen molar-refractivity contribution < 1.29 is 9.21 Å². The maximum absolute atomic E-state index is 12.5. The van der Waals surface area contributed by atoms with E-state index in [-0.39, 0.29) is 5.57 Å². The van der Waals surface area contributed by atoms with E-state index in [9.17, 15) is 10.1 Å². The summed E-state index contributed by atoms with van der Waals surface area (Å²) >= 11 is 2.24. The van der Waals surface area contributed by atoms with E-state index < -0.39 is 5.91 Å². The number of nitrogens with zero attached hydrogens (tertiary/aromatic N) is 1. The maximum Gasteiger partial charge on any atom is 0.266 e. The van der Waals surface area contributed by atoms with Gasteiger partial charge in [0.15, 0.2) is 0 Å². The molecule has 0 fully saturated rings. The largest absolute Gasteiger partial charge is 0.457 e. The van der Waals surface area contributed by atoms with Gasteiger partial charge in [-0.2, -0.15) is 5.26 Å². The second-order valence-electron chi connectivity index (χ2n) is 6.15. The first-order valence-corrected chi connectivity index (χ1v) is 9.40. The summed E-state index contributed by atoms with van der Waals surface area (Å²) in [5.41, 5.74) is 3.66. The van der Waals surface area contributed by atoms with Crippen LogP contribution in [0, 0.1) is 28.7 Å². The summed E-state index contributed by atoms with van der Waals surface area (Å²) in [5.74, 6) is 0.678. The van der Waals surface area contributed by atoms with Crippen molar-refractivity contribution in [3.63, 3.8) is 0 Å². The summed E-state index contributed by atoms with van der Waals surface area (Å²) in [6, 6.07) is 19.2. The first-order chi connectivity index (χ1) is 13.0. The molecule has 1 aromatic heterocycles. The highest BCUT2D eigenvalue weighted by Crippen LogP contribution is 2.24. The second kappa shape index (κ2) is 8.23. The number of amides is 1. The standard InChI is InChI=1S/C22H17IN2O2/c1-14-3-9-20(15(2)11-14)25-22(26)17(13-24)12-19-8-10-21(27-19)16-4-6-18(23)7-5-16/h3-12H,1-2H3,(H,25,26)/b17-12+. The Kier molecular flexibility index (Phi) is 5.77. The first-order valence-electron chi connectivity index (χ1n) is 8.32. The molecule has 0 aliphatic carbocycles. The van der Waals surface area contributed by atoms with Gasteiger partial charge in [0.1, 0.15) is 23.2 Å². The average Bonchev–Trinajstić information content (AvgIpc) is 3.11. The molecule has 0 radical (unpaired) electrons. The van der Waals surface area contributed by atoms with E-state index in [0.717, 1.165) is 20.3 Å². The number of carbonyl (C=O) groups is 1. The summed E-state index contributed by atoms with van der Waals surface area (Å²) < 4.78 is 6.91. The van der Waals surface area contributed by atoms with E-state index in [4.69, 9.17) is 4.42 Å². The molecular formula is C22H17IN2O2. The monoisotopic (exact) mass is 468 g/mol. The second-order valence-corrected chi connectivity index (χ2v) is 7.40. The number of benzene rings is 2. The quantitative estimate of drug-likeness (QED) is 0.303. The molecule has 0 saturated carbocycles. The molecule has 5 heteroatoms. The molecule has 134 valence electrons. The summed E-state index contributed by atoms with van der Waals surface area (Å²) in [6.07, 6.45) is 1.45. The Morgan fingerprint density at radius 3 is 2.52 bits per heavy atom. The van der Waals surface area contributed by atoms with Gasteiger partial charge in [-0.1, -0.05) is 29.8 Å². The van der Waals surface area contributed by atoms with Crippen LogP contribution in [-0.2, 0) is 4.79 Å². The lowest BCUT2D eigenvalue weighted by atomic mass is 10.1. The normalized spacial score (nSPS) is 11.1. The molecule has 3 rings (SSSR count). The van der Waals surface area contributed by atoms with Crippen molar-refractivity contribution in [2.75, 3.05) is 5.32 Å². The predicted octanol–water partition coefficient (Wildman–Crippen LogP) is 5.71. The Hall–Kier alpha value is -2.85. The topological polar surface area (TPSA) is 66.0 Å². The lowest BCUT2D eigenvalue weighted by molar-refractivity contribution is -0.112. The summed E-state index contributed by atoms with van der Waals surface area (Å²) in [5, 5.41) is 12.2. The molecule has 1 heterocycles. The fraction of sp³-hybridized carbons (Fsp3) is 0.0909. The molecule has 0 atom stereocenters. The Morgan fingerprint density at radius 1 is 1.11 bits per heavy atom. The van der Waals surface area contributed by atoms with E-state index in [1.54, 1.807) is 6.07 Å². The van der Waals surface area contributed by atoms with Crippen LogP contribution in [-0.4, -0.2) is 5.91 Å². The van der Waals surface area contributed by atoms with Crippen molar-refractivity contribution in [1.82, 2.24) is 0 Å². The van der Waals surface area contributed by atoms with Crippen LogP contribution in [0.25, 0.3) is 17.4 Å². The number of anilines is 1. The lowest BCUT2D eigenvalue weighted by Crippen LogP contribution is -2.14. The van der Waals surface area contributed by atoms with Crippen LogP contribution in [0.15, 0.2) is 64.6 Å². The zero-order valence-electron chi connectivity index (χ0n) is 14.9. The highest BCUT2D eigenvalue weighted by Gasteiger charge is 2.12. The van der Waals surface area contributed by atoms with Crippen LogP contribution in [0.3, 0.4) is 0 Å². The zero-order chi connectivity index (χ0) is 19.4. The molecule has 0 bridgehead atoms. The van der Waals surface area contributed by atoms with Gasteiger partial charge in [-0.3, -0.25) is 4.79 Å². The molecule has 1 amide bonds. The van der Waals surface area contributed by atoms with Gasteiger partial charge in [0.05, 0.1) is 0 Å². The van der Waals surface area contributed by atoms with Crippen molar-refractivity contribution in [2.24, 2.45) is 0 Å².